The first-order valence-electron chi connectivity index (χ1n) is 8.03. The number of unbranched alkanes of at least 4 members (excludes halogenated alkanes) is 1. The highest BCUT2D eigenvalue weighted by Crippen LogP contribution is 2.26. The van der Waals surface area contributed by atoms with Crippen LogP contribution in [0.4, 0.5) is 0 Å². The number of carboxylic acids is 1. The molecule has 4 nitrogen and oxygen atoms in total. The van der Waals surface area contributed by atoms with Crippen molar-refractivity contribution in [2.45, 2.75) is 19.8 Å². The highest BCUT2D eigenvalue weighted by Gasteiger charge is 2.08. The molecule has 0 aliphatic heterocycles. The molecule has 3 rings (SSSR count). The Hall–Kier alpha value is -2.88. The molecule has 1 aromatic heterocycles. The summed E-state index contributed by atoms with van der Waals surface area (Å²) in [5, 5.41) is 12.0. The van der Waals surface area contributed by atoms with E-state index in [1.54, 1.807) is 24.3 Å². The van der Waals surface area contributed by atoms with E-state index in [0.29, 0.717) is 23.2 Å². The van der Waals surface area contributed by atoms with Gasteiger partial charge in [-0.05, 0) is 42.8 Å². The molecule has 4 heteroatoms. The van der Waals surface area contributed by atoms with Gasteiger partial charge in [-0.15, -0.1) is 0 Å². The molecule has 0 radical (unpaired) electrons. The van der Waals surface area contributed by atoms with Crippen LogP contribution in [0.2, 0.25) is 0 Å². The van der Waals surface area contributed by atoms with Crippen molar-refractivity contribution in [2.24, 2.45) is 0 Å². The van der Waals surface area contributed by atoms with Crippen molar-refractivity contribution in [3.63, 3.8) is 0 Å². The van der Waals surface area contributed by atoms with Crippen LogP contribution in [0.3, 0.4) is 0 Å². The second-order valence-electron chi connectivity index (χ2n) is 5.59. The summed E-state index contributed by atoms with van der Waals surface area (Å²) >= 11 is 0. The van der Waals surface area contributed by atoms with E-state index in [1.807, 2.05) is 30.3 Å². The largest absolute Gasteiger partial charge is 0.545 e. The number of para-hydroxylation sites is 1. The standard InChI is InChI=1S/C20H19NO3/c1-2-3-12-24-15-10-8-14(9-11-15)19-13-17(20(22)23)16-6-4-5-7-18(16)21-19/h4-11,13H,2-3,12H2,1H3,(H,22,23)/p-1. The third kappa shape index (κ3) is 3.38. The molecule has 0 saturated carbocycles. The van der Waals surface area contributed by atoms with Crippen LogP contribution in [-0.2, 0) is 0 Å². The van der Waals surface area contributed by atoms with Crippen molar-refractivity contribution in [3.05, 3.63) is 60.2 Å². The number of carbonyl (C=O) groups excluding carboxylic acids is 1. The molecule has 0 spiro atoms. The zero-order valence-electron chi connectivity index (χ0n) is 13.5. The first-order chi connectivity index (χ1) is 11.7. The number of hydrogen-bond acceptors (Lipinski definition) is 4. The third-order valence-corrected chi connectivity index (χ3v) is 3.85. The Kier molecular flexibility index (Phi) is 4.75. The molecular formula is C20H18NO3-. The van der Waals surface area contributed by atoms with E-state index in [-0.39, 0.29) is 5.56 Å². The topological polar surface area (TPSA) is 62.2 Å². The zero-order chi connectivity index (χ0) is 16.9. The van der Waals surface area contributed by atoms with Crippen molar-refractivity contribution in [2.75, 3.05) is 6.61 Å². The quantitative estimate of drug-likeness (QED) is 0.653. The number of benzene rings is 2. The first kappa shape index (κ1) is 16.0. The van der Waals surface area contributed by atoms with Crippen LogP contribution in [0.1, 0.15) is 30.1 Å². The van der Waals surface area contributed by atoms with Gasteiger partial charge >= 0.3 is 0 Å². The number of fused-ring (bicyclic) bond motifs is 1. The summed E-state index contributed by atoms with van der Waals surface area (Å²) in [6.07, 6.45) is 2.11. The number of carboxylic acid groups (broad SMARTS) is 1. The highest BCUT2D eigenvalue weighted by atomic mass is 16.5. The summed E-state index contributed by atoms with van der Waals surface area (Å²) in [5.74, 6) is -0.400. The lowest BCUT2D eigenvalue weighted by Crippen LogP contribution is -2.22. The average molecular weight is 320 g/mol. The molecule has 0 bridgehead atoms. The maximum atomic E-state index is 11.4. The molecular weight excluding hydrogens is 302 g/mol. The maximum absolute atomic E-state index is 11.4. The minimum Gasteiger partial charge on any atom is -0.545 e. The predicted molar refractivity (Wildman–Crippen MR) is 91.9 cm³/mol. The maximum Gasteiger partial charge on any atom is 0.119 e. The molecule has 0 aliphatic carbocycles. The van der Waals surface area contributed by atoms with E-state index in [1.165, 1.54) is 0 Å². The lowest BCUT2D eigenvalue weighted by molar-refractivity contribution is -0.254. The van der Waals surface area contributed by atoms with E-state index in [0.717, 1.165) is 24.2 Å². The van der Waals surface area contributed by atoms with Gasteiger partial charge in [0.15, 0.2) is 0 Å². The molecule has 3 aromatic rings. The van der Waals surface area contributed by atoms with E-state index in [9.17, 15) is 9.90 Å². The molecule has 0 amide bonds. The molecule has 122 valence electrons. The summed E-state index contributed by atoms with van der Waals surface area (Å²) < 4.78 is 5.64. The van der Waals surface area contributed by atoms with E-state index >= 15 is 0 Å². The van der Waals surface area contributed by atoms with Crippen LogP contribution in [-0.4, -0.2) is 17.6 Å². The summed E-state index contributed by atoms with van der Waals surface area (Å²) in [5.41, 5.74) is 2.23. The molecule has 24 heavy (non-hydrogen) atoms. The third-order valence-electron chi connectivity index (χ3n) is 3.85. The summed E-state index contributed by atoms with van der Waals surface area (Å²) in [4.78, 5) is 16.0. The molecule has 0 atom stereocenters. The van der Waals surface area contributed by atoms with Crippen molar-refractivity contribution in [1.29, 1.82) is 0 Å². The van der Waals surface area contributed by atoms with Crippen molar-refractivity contribution < 1.29 is 14.6 Å². The summed E-state index contributed by atoms with van der Waals surface area (Å²) in [7, 11) is 0. The SMILES string of the molecule is CCCCOc1ccc(-c2cc(C(=O)[O-])c3ccccc3n2)cc1. The van der Waals surface area contributed by atoms with Crippen LogP contribution in [0.15, 0.2) is 54.6 Å². The smallest absolute Gasteiger partial charge is 0.119 e. The van der Waals surface area contributed by atoms with Crippen molar-refractivity contribution in [1.82, 2.24) is 4.98 Å². The lowest BCUT2D eigenvalue weighted by atomic mass is 10.0. The number of ether oxygens (including phenoxy) is 1. The highest BCUT2D eigenvalue weighted by molar-refractivity contribution is 6.02. The summed E-state index contributed by atoms with van der Waals surface area (Å²) in [6.45, 7) is 2.81. The van der Waals surface area contributed by atoms with Crippen molar-refractivity contribution in [3.8, 4) is 17.0 Å². The fraction of sp³-hybridized carbons (Fsp3) is 0.200. The number of aromatic carboxylic acids is 1. The molecule has 0 unspecified atom stereocenters. The molecule has 0 N–H and O–H groups in total. The number of pyridine rings is 1. The van der Waals surface area contributed by atoms with Gasteiger partial charge in [0, 0.05) is 16.5 Å². The molecule has 2 aromatic carbocycles. The lowest BCUT2D eigenvalue weighted by Gasteiger charge is -2.11. The van der Waals surface area contributed by atoms with Gasteiger partial charge in [-0.25, -0.2) is 4.98 Å². The second kappa shape index (κ2) is 7.13. The fourth-order valence-electron chi connectivity index (χ4n) is 2.55. The fourth-order valence-corrected chi connectivity index (χ4v) is 2.55. The number of carbonyl (C=O) groups is 1. The molecule has 1 heterocycles. The van der Waals surface area contributed by atoms with E-state index in [4.69, 9.17) is 4.74 Å². The van der Waals surface area contributed by atoms with Gasteiger partial charge in [-0.1, -0.05) is 31.5 Å². The van der Waals surface area contributed by atoms with Crippen LogP contribution < -0.4 is 9.84 Å². The molecule has 0 aliphatic rings. The number of hydrogen-bond donors (Lipinski definition) is 0. The Labute approximate surface area is 140 Å². The number of rotatable bonds is 6. The Bertz CT molecular complexity index is 856. The predicted octanol–water partition coefficient (Wildman–Crippen LogP) is 3.44. The minimum atomic E-state index is -1.20. The van der Waals surface area contributed by atoms with Crippen molar-refractivity contribution >= 4 is 16.9 Å². The van der Waals surface area contributed by atoms with Crippen LogP contribution >= 0.6 is 0 Å². The Balaban J connectivity index is 1.95. The molecule has 0 fully saturated rings. The number of nitrogens with zero attached hydrogens (tertiary/aromatic N) is 1. The Morgan fingerprint density at radius 2 is 1.88 bits per heavy atom. The second-order valence-corrected chi connectivity index (χ2v) is 5.59. The zero-order valence-corrected chi connectivity index (χ0v) is 13.5. The monoisotopic (exact) mass is 320 g/mol. The van der Waals surface area contributed by atoms with Crippen LogP contribution in [0, 0.1) is 0 Å². The van der Waals surface area contributed by atoms with Gasteiger partial charge < -0.3 is 14.6 Å². The van der Waals surface area contributed by atoms with E-state index < -0.39 is 5.97 Å². The minimum absolute atomic E-state index is 0.152. The van der Waals surface area contributed by atoms with Gasteiger partial charge in [-0.2, -0.15) is 0 Å². The Morgan fingerprint density at radius 1 is 1.12 bits per heavy atom. The van der Waals surface area contributed by atoms with Gasteiger partial charge in [-0.3, -0.25) is 0 Å². The summed E-state index contributed by atoms with van der Waals surface area (Å²) in [6, 6.07) is 16.2. The first-order valence-corrected chi connectivity index (χ1v) is 8.03. The number of aromatic nitrogens is 1. The average Bonchev–Trinajstić information content (AvgIpc) is 2.61. The van der Waals surface area contributed by atoms with Gasteiger partial charge in [0.1, 0.15) is 5.75 Å². The normalized spacial score (nSPS) is 10.7. The van der Waals surface area contributed by atoms with E-state index in [2.05, 4.69) is 11.9 Å². The van der Waals surface area contributed by atoms with Gasteiger partial charge in [0.05, 0.1) is 23.8 Å². The van der Waals surface area contributed by atoms with Gasteiger partial charge in [0.2, 0.25) is 0 Å². The Morgan fingerprint density at radius 3 is 2.58 bits per heavy atom. The van der Waals surface area contributed by atoms with Crippen LogP contribution in [0.5, 0.6) is 5.75 Å². The molecule has 0 saturated heterocycles. The van der Waals surface area contributed by atoms with Gasteiger partial charge in [0.25, 0.3) is 0 Å². The van der Waals surface area contributed by atoms with Crippen LogP contribution in [0.25, 0.3) is 22.2 Å².